The molecule has 2 N–H and O–H groups in total. The smallest absolute Gasteiger partial charge is 0.307 e. The quantitative estimate of drug-likeness (QED) is 0.687. The number of hydrogen-bond donors (Lipinski definition) is 1. The molecule has 0 radical (unpaired) electrons. The number of rotatable bonds is 3. The van der Waals surface area contributed by atoms with E-state index >= 15 is 0 Å². The number of ether oxygens (including phenoxy) is 2. The number of esters is 1. The van der Waals surface area contributed by atoms with Gasteiger partial charge in [-0.1, -0.05) is 0 Å². The Labute approximate surface area is 84.7 Å². The molecule has 0 aromatic carbocycles. The van der Waals surface area contributed by atoms with Crippen molar-refractivity contribution in [2.75, 3.05) is 14.2 Å². The van der Waals surface area contributed by atoms with Crippen LogP contribution in [-0.2, 0) is 14.3 Å². The van der Waals surface area contributed by atoms with Crippen LogP contribution in [0.2, 0.25) is 0 Å². The van der Waals surface area contributed by atoms with Gasteiger partial charge in [0.25, 0.3) is 0 Å². The van der Waals surface area contributed by atoms with Crippen molar-refractivity contribution in [2.24, 2.45) is 5.73 Å². The highest BCUT2D eigenvalue weighted by Crippen LogP contribution is 2.30. The fourth-order valence-corrected chi connectivity index (χ4v) is 2.06. The topological polar surface area (TPSA) is 61.5 Å². The van der Waals surface area contributed by atoms with Crippen LogP contribution < -0.4 is 5.73 Å². The Balaban J connectivity index is 2.50. The van der Waals surface area contributed by atoms with Crippen molar-refractivity contribution >= 4 is 5.97 Å². The van der Waals surface area contributed by atoms with Gasteiger partial charge >= 0.3 is 5.97 Å². The summed E-state index contributed by atoms with van der Waals surface area (Å²) in [6, 6.07) is 0. The average Bonchev–Trinajstić information content (AvgIpc) is 2.17. The van der Waals surface area contributed by atoms with Crippen LogP contribution in [0, 0.1) is 0 Å². The molecule has 0 spiro atoms. The van der Waals surface area contributed by atoms with Gasteiger partial charge in [0.15, 0.2) is 0 Å². The summed E-state index contributed by atoms with van der Waals surface area (Å²) >= 11 is 0. The summed E-state index contributed by atoms with van der Waals surface area (Å²) < 4.78 is 9.90. The highest BCUT2D eigenvalue weighted by atomic mass is 16.5. The zero-order chi connectivity index (χ0) is 10.6. The van der Waals surface area contributed by atoms with Crippen LogP contribution in [0.4, 0.5) is 0 Å². The standard InChI is InChI=1S/C10H19NO3/c1-13-8-4-3-5-10(11,6-8)7-9(12)14-2/h8H,3-7,11H2,1-2H3. The number of hydrogen-bond acceptors (Lipinski definition) is 4. The molecular formula is C10H19NO3. The largest absolute Gasteiger partial charge is 0.469 e. The lowest BCUT2D eigenvalue weighted by atomic mass is 9.79. The maximum absolute atomic E-state index is 11.1. The summed E-state index contributed by atoms with van der Waals surface area (Å²) in [6.45, 7) is 0. The van der Waals surface area contributed by atoms with E-state index in [0.717, 1.165) is 25.7 Å². The maximum Gasteiger partial charge on any atom is 0.307 e. The minimum atomic E-state index is -0.425. The molecule has 1 rings (SSSR count). The van der Waals surface area contributed by atoms with Gasteiger partial charge in [-0.2, -0.15) is 0 Å². The van der Waals surface area contributed by atoms with E-state index in [4.69, 9.17) is 10.5 Å². The molecule has 1 saturated carbocycles. The predicted octanol–water partition coefficient (Wildman–Crippen LogP) is 0.836. The predicted molar refractivity (Wildman–Crippen MR) is 52.8 cm³/mol. The number of carbonyl (C=O) groups excluding carboxylic acids is 1. The molecule has 2 unspecified atom stereocenters. The summed E-state index contributed by atoms with van der Waals surface area (Å²) in [6.07, 6.45) is 4.17. The molecule has 0 heterocycles. The number of nitrogens with two attached hydrogens (primary N) is 1. The Morgan fingerprint density at radius 3 is 2.86 bits per heavy atom. The first kappa shape index (κ1) is 11.5. The van der Waals surface area contributed by atoms with Gasteiger partial charge < -0.3 is 15.2 Å². The zero-order valence-electron chi connectivity index (χ0n) is 8.91. The van der Waals surface area contributed by atoms with Crippen LogP contribution in [0.15, 0.2) is 0 Å². The molecule has 0 amide bonds. The van der Waals surface area contributed by atoms with E-state index in [-0.39, 0.29) is 12.1 Å². The molecule has 2 atom stereocenters. The van der Waals surface area contributed by atoms with E-state index in [1.165, 1.54) is 7.11 Å². The minimum absolute atomic E-state index is 0.193. The third kappa shape index (κ3) is 2.96. The van der Waals surface area contributed by atoms with Crippen molar-refractivity contribution in [1.29, 1.82) is 0 Å². The number of carbonyl (C=O) groups is 1. The summed E-state index contributed by atoms with van der Waals surface area (Å²) in [4.78, 5) is 11.1. The lowest BCUT2D eigenvalue weighted by Crippen LogP contribution is -2.48. The van der Waals surface area contributed by atoms with Crippen molar-refractivity contribution in [2.45, 2.75) is 43.7 Å². The van der Waals surface area contributed by atoms with Gasteiger partial charge in [-0.3, -0.25) is 4.79 Å². The second kappa shape index (κ2) is 4.75. The van der Waals surface area contributed by atoms with Gasteiger partial charge in [-0.05, 0) is 25.7 Å². The summed E-state index contributed by atoms with van der Waals surface area (Å²) in [5.74, 6) is -0.232. The van der Waals surface area contributed by atoms with Crippen molar-refractivity contribution in [3.63, 3.8) is 0 Å². The van der Waals surface area contributed by atoms with E-state index < -0.39 is 5.54 Å². The van der Waals surface area contributed by atoms with Crippen LogP contribution in [0.5, 0.6) is 0 Å². The normalized spacial score (nSPS) is 32.6. The Kier molecular flexibility index (Phi) is 3.89. The van der Waals surface area contributed by atoms with Gasteiger partial charge in [-0.15, -0.1) is 0 Å². The zero-order valence-corrected chi connectivity index (χ0v) is 8.91. The van der Waals surface area contributed by atoms with E-state index in [2.05, 4.69) is 4.74 Å². The molecule has 1 aliphatic rings. The molecule has 4 nitrogen and oxygen atoms in total. The van der Waals surface area contributed by atoms with E-state index in [1.807, 2.05) is 0 Å². The first-order valence-electron chi connectivity index (χ1n) is 4.98. The van der Waals surface area contributed by atoms with Gasteiger partial charge in [0.2, 0.25) is 0 Å². The van der Waals surface area contributed by atoms with E-state index in [0.29, 0.717) is 6.42 Å². The van der Waals surface area contributed by atoms with Gasteiger partial charge in [0, 0.05) is 12.6 Å². The Hall–Kier alpha value is -0.610. The minimum Gasteiger partial charge on any atom is -0.469 e. The molecular weight excluding hydrogens is 182 g/mol. The second-order valence-corrected chi connectivity index (χ2v) is 4.07. The summed E-state index contributed by atoms with van der Waals surface area (Å²) in [5, 5.41) is 0. The van der Waals surface area contributed by atoms with E-state index in [9.17, 15) is 4.79 Å². The number of methoxy groups -OCH3 is 2. The van der Waals surface area contributed by atoms with E-state index in [1.54, 1.807) is 7.11 Å². The lowest BCUT2D eigenvalue weighted by Gasteiger charge is -2.36. The Morgan fingerprint density at radius 2 is 2.29 bits per heavy atom. The van der Waals surface area contributed by atoms with Crippen molar-refractivity contribution in [3.8, 4) is 0 Å². The highest BCUT2D eigenvalue weighted by Gasteiger charge is 2.35. The monoisotopic (exact) mass is 201 g/mol. The van der Waals surface area contributed by atoms with Crippen LogP contribution in [-0.4, -0.2) is 31.8 Å². The first-order valence-corrected chi connectivity index (χ1v) is 4.98. The van der Waals surface area contributed by atoms with Gasteiger partial charge in [0.1, 0.15) is 0 Å². The van der Waals surface area contributed by atoms with Crippen LogP contribution in [0.3, 0.4) is 0 Å². The van der Waals surface area contributed by atoms with Crippen LogP contribution >= 0.6 is 0 Å². The molecule has 4 heteroatoms. The molecule has 1 aliphatic carbocycles. The molecule has 0 aromatic rings. The molecule has 82 valence electrons. The lowest BCUT2D eigenvalue weighted by molar-refractivity contribution is -0.142. The average molecular weight is 201 g/mol. The van der Waals surface area contributed by atoms with Gasteiger partial charge in [-0.25, -0.2) is 0 Å². The molecule has 0 aromatic heterocycles. The maximum atomic E-state index is 11.1. The Morgan fingerprint density at radius 1 is 1.57 bits per heavy atom. The van der Waals surface area contributed by atoms with Gasteiger partial charge in [0.05, 0.1) is 19.6 Å². The first-order chi connectivity index (χ1) is 6.59. The SMILES string of the molecule is COC(=O)CC1(N)CCCC(OC)C1. The Bertz CT molecular complexity index is 208. The molecule has 0 saturated heterocycles. The molecule has 0 aliphatic heterocycles. The molecule has 14 heavy (non-hydrogen) atoms. The van der Waals surface area contributed by atoms with Crippen LogP contribution in [0.1, 0.15) is 32.1 Å². The molecule has 1 fully saturated rings. The van der Waals surface area contributed by atoms with Crippen molar-refractivity contribution in [3.05, 3.63) is 0 Å². The van der Waals surface area contributed by atoms with Crippen molar-refractivity contribution in [1.82, 2.24) is 0 Å². The third-order valence-corrected chi connectivity index (χ3v) is 2.89. The third-order valence-electron chi connectivity index (χ3n) is 2.89. The summed E-state index contributed by atoms with van der Waals surface area (Å²) in [5.41, 5.74) is 5.70. The van der Waals surface area contributed by atoms with Crippen molar-refractivity contribution < 1.29 is 14.3 Å². The second-order valence-electron chi connectivity index (χ2n) is 4.07. The highest BCUT2D eigenvalue weighted by molar-refractivity contribution is 5.70. The summed E-state index contributed by atoms with van der Waals surface area (Å²) in [7, 11) is 3.08. The molecule has 0 bridgehead atoms. The fraction of sp³-hybridized carbons (Fsp3) is 0.900. The fourth-order valence-electron chi connectivity index (χ4n) is 2.06. The van der Waals surface area contributed by atoms with Crippen LogP contribution in [0.25, 0.3) is 0 Å².